The van der Waals surface area contributed by atoms with E-state index in [1.165, 1.54) is 12.1 Å². The lowest BCUT2D eigenvalue weighted by molar-refractivity contribution is 0.102. The van der Waals surface area contributed by atoms with Crippen molar-refractivity contribution in [2.75, 3.05) is 18.5 Å². The summed E-state index contributed by atoms with van der Waals surface area (Å²) in [6, 6.07) is 20.0. The van der Waals surface area contributed by atoms with E-state index in [0.717, 1.165) is 5.56 Å². The van der Waals surface area contributed by atoms with Crippen LogP contribution in [0, 0.1) is 6.92 Å². The lowest BCUT2D eigenvalue weighted by Gasteiger charge is -2.19. The van der Waals surface area contributed by atoms with E-state index in [0.29, 0.717) is 41.4 Å². The second-order valence-corrected chi connectivity index (χ2v) is 9.50. The molecule has 0 aliphatic carbocycles. The minimum atomic E-state index is -3.98. The summed E-state index contributed by atoms with van der Waals surface area (Å²) in [5, 5.41) is 7.38. The normalized spacial score (nSPS) is 13.5. The van der Waals surface area contributed by atoms with Crippen LogP contribution in [0.25, 0.3) is 11.0 Å². The average molecular weight is 492 g/mol. The van der Waals surface area contributed by atoms with E-state index in [1.807, 2.05) is 6.92 Å². The lowest BCUT2D eigenvalue weighted by Crippen LogP contribution is -2.27. The molecule has 0 saturated carbocycles. The molecule has 4 aromatic rings. The molecule has 0 spiro atoms. The number of hydrogen-bond donors (Lipinski definition) is 2. The van der Waals surface area contributed by atoms with Crippen LogP contribution in [0.1, 0.15) is 15.9 Å². The first-order valence-electron chi connectivity index (χ1n) is 10.8. The largest absolute Gasteiger partial charge is 0.486 e. The fraction of sp³-hybridized carbons (Fsp3) is 0.120. The molecule has 10 heteroatoms. The molecule has 1 aromatic heterocycles. The number of amides is 1. The van der Waals surface area contributed by atoms with Crippen molar-refractivity contribution >= 4 is 32.6 Å². The Labute approximate surface area is 201 Å². The Balaban J connectivity index is 1.51. The zero-order valence-corrected chi connectivity index (χ0v) is 19.5. The second kappa shape index (κ2) is 9.15. The summed E-state index contributed by atoms with van der Waals surface area (Å²) < 4.78 is 42.3. The van der Waals surface area contributed by atoms with Gasteiger partial charge in [-0.2, -0.15) is 13.2 Å². The van der Waals surface area contributed by atoms with E-state index in [2.05, 4.69) is 15.2 Å². The van der Waals surface area contributed by atoms with Crippen molar-refractivity contribution in [3.8, 4) is 11.5 Å². The standard InChI is InChI=1S/C25H21N3O6S/c1-16-6-9-19(10-7-16)35(30,31)28-27-25-20(14-17-4-2-3-5-21(17)34-25)24(29)26-18-8-11-22-23(15-18)33-13-12-32-22/h2-11,14-15,28H,12-13H2,1H3,(H,26,29)/b27-25+. The lowest BCUT2D eigenvalue weighted by atomic mass is 10.1. The zero-order chi connectivity index (χ0) is 24.4. The summed E-state index contributed by atoms with van der Waals surface area (Å²) in [7, 11) is -3.98. The number of anilines is 1. The van der Waals surface area contributed by atoms with Gasteiger partial charge >= 0.3 is 0 Å². The van der Waals surface area contributed by atoms with Crippen LogP contribution in [0.3, 0.4) is 0 Å². The van der Waals surface area contributed by atoms with Gasteiger partial charge in [0.2, 0.25) is 5.55 Å². The van der Waals surface area contributed by atoms with Crippen LogP contribution < -0.4 is 25.2 Å². The summed E-state index contributed by atoms with van der Waals surface area (Å²) in [6.07, 6.45) is 0. The van der Waals surface area contributed by atoms with Gasteiger partial charge < -0.3 is 19.2 Å². The number of sulfonamides is 1. The molecule has 0 atom stereocenters. The molecule has 1 amide bonds. The molecule has 0 radical (unpaired) electrons. The third-order valence-electron chi connectivity index (χ3n) is 5.30. The Morgan fingerprint density at radius 2 is 1.66 bits per heavy atom. The highest BCUT2D eigenvalue weighted by atomic mass is 32.2. The van der Waals surface area contributed by atoms with Gasteiger partial charge in [0.25, 0.3) is 15.9 Å². The monoisotopic (exact) mass is 491 g/mol. The Morgan fingerprint density at radius 1 is 0.914 bits per heavy atom. The fourth-order valence-corrected chi connectivity index (χ4v) is 4.31. The smallest absolute Gasteiger partial charge is 0.276 e. The maximum absolute atomic E-state index is 13.2. The van der Waals surface area contributed by atoms with Gasteiger partial charge in [-0.15, -0.1) is 5.10 Å². The van der Waals surface area contributed by atoms with E-state index in [4.69, 9.17) is 13.9 Å². The third-order valence-corrected chi connectivity index (χ3v) is 6.52. The Kier molecular flexibility index (Phi) is 5.87. The SMILES string of the molecule is Cc1ccc(S(=O)(=O)N/N=c2/oc3ccccc3cc2C(=O)Nc2ccc3c(c2)OCCO3)cc1. The first kappa shape index (κ1) is 22.5. The van der Waals surface area contributed by atoms with Crippen LogP contribution in [0.2, 0.25) is 0 Å². The summed E-state index contributed by atoms with van der Waals surface area (Å²) in [4.78, 5) is 15.4. The van der Waals surface area contributed by atoms with Crippen molar-refractivity contribution in [3.63, 3.8) is 0 Å². The van der Waals surface area contributed by atoms with Crippen LogP contribution in [-0.2, 0) is 10.0 Å². The highest BCUT2D eigenvalue weighted by Crippen LogP contribution is 2.32. The molecule has 0 fully saturated rings. The van der Waals surface area contributed by atoms with Gasteiger partial charge in [-0.1, -0.05) is 35.9 Å². The predicted molar refractivity (Wildman–Crippen MR) is 129 cm³/mol. The van der Waals surface area contributed by atoms with Crippen LogP contribution in [0.5, 0.6) is 11.5 Å². The minimum absolute atomic E-state index is 0.0370. The van der Waals surface area contributed by atoms with Gasteiger partial charge in [0.15, 0.2) is 11.5 Å². The minimum Gasteiger partial charge on any atom is -0.486 e. The number of carbonyl (C=O) groups excluding carboxylic acids is 1. The molecule has 1 aliphatic heterocycles. The highest BCUT2D eigenvalue weighted by molar-refractivity contribution is 7.89. The molecule has 0 saturated heterocycles. The molecule has 3 aromatic carbocycles. The van der Waals surface area contributed by atoms with Gasteiger partial charge in [0.05, 0.1) is 4.90 Å². The quantitative estimate of drug-likeness (QED) is 0.412. The molecule has 9 nitrogen and oxygen atoms in total. The number of rotatable bonds is 5. The van der Waals surface area contributed by atoms with Crippen LogP contribution >= 0.6 is 0 Å². The van der Waals surface area contributed by atoms with Crippen molar-refractivity contribution in [3.05, 3.63) is 89.5 Å². The number of nitrogens with one attached hydrogen (secondary N) is 2. The first-order valence-corrected chi connectivity index (χ1v) is 12.2. The van der Waals surface area contributed by atoms with Crippen molar-refractivity contribution in [1.82, 2.24) is 4.83 Å². The molecule has 5 rings (SSSR count). The van der Waals surface area contributed by atoms with E-state index < -0.39 is 15.9 Å². The maximum atomic E-state index is 13.2. The molecule has 35 heavy (non-hydrogen) atoms. The van der Waals surface area contributed by atoms with Crippen molar-refractivity contribution in [1.29, 1.82) is 0 Å². The molecule has 2 N–H and O–H groups in total. The summed E-state index contributed by atoms with van der Waals surface area (Å²) >= 11 is 0. The number of carbonyl (C=O) groups is 1. The zero-order valence-electron chi connectivity index (χ0n) is 18.6. The Bertz CT molecular complexity index is 1590. The average Bonchev–Trinajstić information content (AvgIpc) is 2.87. The van der Waals surface area contributed by atoms with Gasteiger partial charge in [-0.25, -0.2) is 0 Å². The number of hydrogen-bond acceptors (Lipinski definition) is 7. The molecule has 1 aliphatic rings. The molecule has 178 valence electrons. The number of fused-ring (bicyclic) bond motifs is 2. The van der Waals surface area contributed by atoms with Gasteiger partial charge in [0.1, 0.15) is 24.4 Å². The van der Waals surface area contributed by atoms with E-state index in [-0.39, 0.29) is 16.0 Å². The molecule has 2 heterocycles. The summed E-state index contributed by atoms with van der Waals surface area (Å²) in [5.74, 6) is 0.577. The number of benzene rings is 3. The number of nitrogens with zero attached hydrogens (tertiary/aromatic N) is 1. The predicted octanol–water partition coefficient (Wildman–Crippen LogP) is 3.56. The highest BCUT2D eigenvalue weighted by Gasteiger charge is 2.18. The van der Waals surface area contributed by atoms with Crippen LogP contribution in [-0.4, -0.2) is 27.5 Å². The van der Waals surface area contributed by atoms with Gasteiger partial charge in [0, 0.05) is 17.1 Å². The van der Waals surface area contributed by atoms with Crippen molar-refractivity contribution < 1.29 is 27.1 Å². The van der Waals surface area contributed by atoms with Crippen LogP contribution in [0.4, 0.5) is 5.69 Å². The van der Waals surface area contributed by atoms with Crippen molar-refractivity contribution in [2.45, 2.75) is 11.8 Å². The van der Waals surface area contributed by atoms with Gasteiger partial charge in [-0.3, -0.25) is 4.79 Å². The second-order valence-electron chi connectivity index (χ2n) is 7.84. The van der Waals surface area contributed by atoms with Gasteiger partial charge in [-0.05, 0) is 43.3 Å². The van der Waals surface area contributed by atoms with E-state index in [1.54, 1.807) is 60.7 Å². The summed E-state index contributed by atoms with van der Waals surface area (Å²) in [6.45, 7) is 2.73. The van der Waals surface area contributed by atoms with Crippen LogP contribution in [0.15, 0.2) is 87.2 Å². The first-order chi connectivity index (χ1) is 16.9. The van der Waals surface area contributed by atoms with Crippen molar-refractivity contribution in [2.24, 2.45) is 5.10 Å². The molecular weight excluding hydrogens is 470 g/mol. The topological polar surface area (TPSA) is 119 Å². The Hall–Kier alpha value is -4.31. The summed E-state index contributed by atoms with van der Waals surface area (Å²) in [5.41, 5.74) is 1.69. The molecule has 0 bridgehead atoms. The number of aryl methyl sites for hydroxylation is 1. The number of ether oxygens (including phenoxy) is 2. The van der Waals surface area contributed by atoms with E-state index >= 15 is 0 Å². The third kappa shape index (κ3) is 4.82. The maximum Gasteiger partial charge on any atom is 0.276 e. The molecular formula is C25H21N3O6S. The molecule has 0 unspecified atom stereocenters. The number of para-hydroxylation sites is 1. The fourth-order valence-electron chi connectivity index (χ4n) is 3.51. The Morgan fingerprint density at radius 3 is 2.46 bits per heavy atom. The van der Waals surface area contributed by atoms with E-state index in [9.17, 15) is 13.2 Å².